The van der Waals surface area contributed by atoms with Gasteiger partial charge in [-0.2, -0.15) is 0 Å². The van der Waals surface area contributed by atoms with Crippen LogP contribution in [0.4, 0.5) is 0 Å². The SMILES string of the molecule is CCOc1c2ccccc2c(OCC)c2c(C(C)(C)C)cccc12. The van der Waals surface area contributed by atoms with E-state index < -0.39 is 0 Å². The van der Waals surface area contributed by atoms with E-state index in [1.165, 1.54) is 10.9 Å². The fourth-order valence-corrected chi connectivity index (χ4v) is 3.36. The Morgan fingerprint density at radius 2 is 1.25 bits per heavy atom. The number of benzene rings is 3. The van der Waals surface area contributed by atoms with Crippen molar-refractivity contribution in [1.29, 1.82) is 0 Å². The number of hydrogen-bond donors (Lipinski definition) is 0. The van der Waals surface area contributed by atoms with Gasteiger partial charge in [0.1, 0.15) is 11.5 Å². The van der Waals surface area contributed by atoms with E-state index in [1.807, 2.05) is 13.8 Å². The van der Waals surface area contributed by atoms with E-state index in [2.05, 4.69) is 63.2 Å². The van der Waals surface area contributed by atoms with Crippen molar-refractivity contribution in [3.05, 3.63) is 48.0 Å². The lowest BCUT2D eigenvalue weighted by Crippen LogP contribution is -2.12. The topological polar surface area (TPSA) is 18.5 Å². The van der Waals surface area contributed by atoms with Crippen LogP contribution in [0.5, 0.6) is 11.5 Å². The van der Waals surface area contributed by atoms with Crippen LogP contribution in [0.3, 0.4) is 0 Å². The summed E-state index contributed by atoms with van der Waals surface area (Å²) in [6.07, 6.45) is 0. The molecule has 0 N–H and O–H groups in total. The van der Waals surface area contributed by atoms with E-state index in [0.717, 1.165) is 27.7 Å². The number of rotatable bonds is 4. The molecule has 24 heavy (non-hydrogen) atoms. The standard InChI is InChI=1S/C22H26O2/c1-6-23-20-15-11-8-9-12-16(15)21(24-7-2)19-17(20)13-10-14-18(19)22(3,4)5/h8-14H,6-7H2,1-5H3. The number of ether oxygens (including phenoxy) is 2. The van der Waals surface area contributed by atoms with Crippen LogP contribution >= 0.6 is 0 Å². The summed E-state index contributed by atoms with van der Waals surface area (Å²) in [5.74, 6) is 1.93. The largest absolute Gasteiger partial charge is 0.493 e. The highest BCUT2D eigenvalue weighted by Crippen LogP contribution is 2.46. The Morgan fingerprint density at radius 3 is 1.83 bits per heavy atom. The maximum atomic E-state index is 6.15. The predicted molar refractivity (Wildman–Crippen MR) is 102 cm³/mol. The van der Waals surface area contributed by atoms with Crippen molar-refractivity contribution in [2.75, 3.05) is 13.2 Å². The molecule has 3 rings (SSSR count). The lowest BCUT2D eigenvalue weighted by Gasteiger charge is -2.25. The Morgan fingerprint density at radius 1 is 0.708 bits per heavy atom. The summed E-state index contributed by atoms with van der Waals surface area (Å²) in [7, 11) is 0. The second-order valence-corrected chi connectivity index (χ2v) is 7.05. The molecular weight excluding hydrogens is 296 g/mol. The van der Waals surface area contributed by atoms with Gasteiger partial charge in [-0.15, -0.1) is 0 Å². The molecule has 0 spiro atoms. The fraction of sp³-hybridized carbons (Fsp3) is 0.364. The molecule has 0 radical (unpaired) electrons. The molecule has 3 aromatic carbocycles. The predicted octanol–water partition coefficient (Wildman–Crippen LogP) is 6.09. The molecule has 126 valence electrons. The smallest absolute Gasteiger partial charge is 0.135 e. The van der Waals surface area contributed by atoms with Crippen LogP contribution in [0.25, 0.3) is 21.5 Å². The zero-order valence-electron chi connectivity index (χ0n) is 15.3. The van der Waals surface area contributed by atoms with Gasteiger partial charge in [0, 0.05) is 21.5 Å². The molecular formula is C22H26O2. The van der Waals surface area contributed by atoms with Gasteiger partial charge in [-0.25, -0.2) is 0 Å². The maximum Gasteiger partial charge on any atom is 0.135 e. The van der Waals surface area contributed by atoms with Crippen molar-refractivity contribution in [2.45, 2.75) is 40.0 Å². The Balaban J connectivity index is 2.56. The minimum Gasteiger partial charge on any atom is -0.493 e. The van der Waals surface area contributed by atoms with Crippen LogP contribution < -0.4 is 9.47 Å². The molecule has 0 aliphatic heterocycles. The average Bonchev–Trinajstić information content (AvgIpc) is 2.56. The van der Waals surface area contributed by atoms with E-state index in [-0.39, 0.29) is 5.41 Å². The highest BCUT2D eigenvalue weighted by molar-refractivity contribution is 6.12. The van der Waals surface area contributed by atoms with Crippen molar-refractivity contribution in [1.82, 2.24) is 0 Å². The van der Waals surface area contributed by atoms with Crippen LogP contribution in [0, 0.1) is 0 Å². The molecule has 2 nitrogen and oxygen atoms in total. The van der Waals surface area contributed by atoms with Gasteiger partial charge in [0.2, 0.25) is 0 Å². The molecule has 0 fully saturated rings. The van der Waals surface area contributed by atoms with Gasteiger partial charge in [0.15, 0.2) is 0 Å². The number of fused-ring (bicyclic) bond motifs is 2. The third kappa shape index (κ3) is 2.71. The van der Waals surface area contributed by atoms with Crippen LogP contribution in [-0.4, -0.2) is 13.2 Å². The molecule has 0 amide bonds. The van der Waals surface area contributed by atoms with Crippen molar-refractivity contribution in [3.8, 4) is 11.5 Å². The second-order valence-electron chi connectivity index (χ2n) is 7.05. The Bertz CT molecular complexity index is 872. The highest BCUT2D eigenvalue weighted by atomic mass is 16.5. The first-order chi connectivity index (χ1) is 11.5. The molecule has 0 bridgehead atoms. The monoisotopic (exact) mass is 322 g/mol. The summed E-state index contributed by atoms with van der Waals surface area (Å²) in [5, 5.41) is 4.54. The summed E-state index contributed by atoms with van der Waals surface area (Å²) >= 11 is 0. The van der Waals surface area contributed by atoms with Gasteiger partial charge in [0.05, 0.1) is 13.2 Å². The van der Waals surface area contributed by atoms with E-state index in [0.29, 0.717) is 13.2 Å². The molecule has 0 heterocycles. The van der Waals surface area contributed by atoms with Crippen molar-refractivity contribution in [2.24, 2.45) is 0 Å². The normalized spacial score (nSPS) is 11.9. The Labute approximate surface area is 144 Å². The Kier molecular flexibility index (Phi) is 4.40. The van der Waals surface area contributed by atoms with Crippen LogP contribution in [0.15, 0.2) is 42.5 Å². The van der Waals surface area contributed by atoms with E-state index in [9.17, 15) is 0 Å². The molecule has 3 aromatic rings. The van der Waals surface area contributed by atoms with Crippen molar-refractivity contribution in [3.63, 3.8) is 0 Å². The van der Waals surface area contributed by atoms with Crippen LogP contribution in [0.1, 0.15) is 40.2 Å². The summed E-state index contributed by atoms with van der Waals surface area (Å²) in [5.41, 5.74) is 1.31. The zero-order chi connectivity index (χ0) is 17.3. The quantitative estimate of drug-likeness (QED) is 0.541. The van der Waals surface area contributed by atoms with Crippen LogP contribution in [0.2, 0.25) is 0 Å². The third-order valence-electron chi connectivity index (χ3n) is 4.34. The van der Waals surface area contributed by atoms with Gasteiger partial charge < -0.3 is 9.47 Å². The Hall–Kier alpha value is -2.22. The second kappa shape index (κ2) is 6.35. The van der Waals surface area contributed by atoms with Crippen molar-refractivity contribution >= 4 is 21.5 Å². The molecule has 0 saturated heterocycles. The van der Waals surface area contributed by atoms with E-state index in [4.69, 9.17) is 9.47 Å². The lowest BCUT2D eigenvalue weighted by molar-refractivity contribution is 0.342. The zero-order valence-corrected chi connectivity index (χ0v) is 15.3. The van der Waals surface area contributed by atoms with Gasteiger partial charge in [-0.3, -0.25) is 0 Å². The minimum atomic E-state index is 0.0251. The van der Waals surface area contributed by atoms with Gasteiger partial charge in [-0.1, -0.05) is 63.2 Å². The summed E-state index contributed by atoms with van der Waals surface area (Å²) in [6.45, 7) is 12.1. The fourth-order valence-electron chi connectivity index (χ4n) is 3.36. The first-order valence-electron chi connectivity index (χ1n) is 8.72. The average molecular weight is 322 g/mol. The molecule has 0 aliphatic rings. The molecule has 0 unspecified atom stereocenters. The summed E-state index contributed by atoms with van der Waals surface area (Å²) in [6, 6.07) is 14.8. The first-order valence-corrected chi connectivity index (χ1v) is 8.72. The molecule has 0 atom stereocenters. The maximum absolute atomic E-state index is 6.15. The lowest BCUT2D eigenvalue weighted by atomic mass is 9.82. The number of hydrogen-bond acceptors (Lipinski definition) is 2. The molecule has 0 aromatic heterocycles. The van der Waals surface area contributed by atoms with Gasteiger partial charge in [-0.05, 0) is 24.8 Å². The van der Waals surface area contributed by atoms with Gasteiger partial charge in [0.25, 0.3) is 0 Å². The van der Waals surface area contributed by atoms with Crippen molar-refractivity contribution < 1.29 is 9.47 Å². The summed E-state index contributed by atoms with van der Waals surface area (Å²) < 4.78 is 12.2. The van der Waals surface area contributed by atoms with Gasteiger partial charge >= 0.3 is 0 Å². The van der Waals surface area contributed by atoms with E-state index in [1.54, 1.807) is 0 Å². The third-order valence-corrected chi connectivity index (χ3v) is 4.34. The molecule has 0 saturated carbocycles. The van der Waals surface area contributed by atoms with E-state index >= 15 is 0 Å². The van der Waals surface area contributed by atoms with Crippen LogP contribution in [-0.2, 0) is 5.41 Å². The minimum absolute atomic E-state index is 0.0251. The summed E-state index contributed by atoms with van der Waals surface area (Å²) in [4.78, 5) is 0. The highest BCUT2D eigenvalue weighted by Gasteiger charge is 2.23. The molecule has 2 heteroatoms. The first kappa shape index (κ1) is 16.6. The molecule has 0 aliphatic carbocycles.